The first-order valence-electron chi connectivity index (χ1n) is 5.05. The molecular weight excluding hydrogens is 208 g/mol. The van der Waals surface area contributed by atoms with Gasteiger partial charge in [-0.2, -0.15) is 0 Å². The van der Waals surface area contributed by atoms with Gasteiger partial charge >= 0.3 is 5.97 Å². The van der Waals surface area contributed by atoms with Crippen molar-refractivity contribution >= 4 is 5.97 Å². The van der Waals surface area contributed by atoms with E-state index in [4.69, 9.17) is 9.84 Å². The van der Waals surface area contributed by atoms with Crippen LogP contribution in [0.4, 0.5) is 0 Å². The Hall–Kier alpha value is -1.71. The summed E-state index contributed by atoms with van der Waals surface area (Å²) >= 11 is 0. The predicted octanol–water partition coefficient (Wildman–Crippen LogP) is 2.29. The average molecular weight is 224 g/mol. The van der Waals surface area contributed by atoms with Gasteiger partial charge in [0.15, 0.2) is 11.5 Å². The van der Waals surface area contributed by atoms with Crippen molar-refractivity contribution in [1.82, 2.24) is 0 Å². The number of carboxylic acid groups (broad SMARTS) is 1. The molecule has 0 aliphatic rings. The Balaban J connectivity index is 3.10. The van der Waals surface area contributed by atoms with Gasteiger partial charge in [0, 0.05) is 5.56 Å². The van der Waals surface area contributed by atoms with Crippen LogP contribution in [0.2, 0.25) is 0 Å². The lowest BCUT2D eigenvalue weighted by Gasteiger charge is -2.15. The van der Waals surface area contributed by atoms with E-state index in [0.29, 0.717) is 11.3 Å². The van der Waals surface area contributed by atoms with Crippen molar-refractivity contribution in [3.63, 3.8) is 0 Å². The van der Waals surface area contributed by atoms with Crippen molar-refractivity contribution in [1.29, 1.82) is 0 Å². The summed E-state index contributed by atoms with van der Waals surface area (Å²) in [5, 5.41) is 18.6. The summed E-state index contributed by atoms with van der Waals surface area (Å²) in [6.45, 7) is 3.59. The molecule has 88 valence electrons. The highest BCUT2D eigenvalue weighted by Crippen LogP contribution is 2.37. The lowest BCUT2D eigenvalue weighted by atomic mass is 9.95. The fourth-order valence-electron chi connectivity index (χ4n) is 1.71. The zero-order chi connectivity index (χ0) is 12.3. The predicted molar refractivity (Wildman–Crippen MR) is 60.1 cm³/mol. The van der Waals surface area contributed by atoms with Gasteiger partial charge in [-0.3, -0.25) is 4.79 Å². The van der Waals surface area contributed by atoms with Crippen molar-refractivity contribution in [3.8, 4) is 11.5 Å². The standard InChI is InChI=1S/C12H16O4/c1-7-4-5-9(8(2)6-10(13)14)11(15)12(7)16-3/h4-5,8,15H,6H2,1-3H3,(H,13,14). The summed E-state index contributed by atoms with van der Waals surface area (Å²) in [6.07, 6.45) is -0.0141. The minimum Gasteiger partial charge on any atom is -0.504 e. The molecule has 1 rings (SSSR count). The van der Waals surface area contributed by atoms with Crippen LogP contribution in [-0.2, 0) is 4.79 Å². The molecule has 0 radical (unpaired) electrons. The third kappa shape index (κ3) is 2.45. The maximum Gasteiger partial charge on any atom is 0.303 e. The second-order valence-electron chi connectivity index (χ2n) is 3.85. The molecule has 0 saturated heterocycles. The Morgan fingerprint density at radius 1 is 1.50 bits per heavy atom. The second-order valence-corrected chi connectivity index (χ2v) is 3.85. The molecule has 1 aromatic carbocycles. The van der Waals surface area contributed by atoms with Crippen LogP contribution < -0.4 is 4.74 Å². The number of phenols is 1. The molecule has 1 aromatic rings. The maximum atomic E-state index is 10.6. The number of methoxy groups -OCH3 is 1. The average Bonchev–Trinajstić information content (AvgIpc) is 2.17. The van der Waals surface area contributed by atoms with Crippen molar-refractivity contribution in [2.45, 2.75) is 26.2 Å². The molecule has 1 atom stereocenters. The third-order valence-corrected chi connectivity index (χ3v) is 2.58. The van der Waals surface area contributed by atoms with Crippen molar-refractivity contribution in [2.24, 2.45) is 0 Å². The van der Waals surface area contributed by atoms with E-state index in [0.717, 1.165) is 5.56 Å². The van der Waals surface area contributed by atoms with Gasteiger partial charge < -0.3 is 14.9 Å². The topological polar surface area (TPSA) is 66.8 Å². The van der Waals surface area contributed by atoms with E-state index in [1.807, 2.05) is 13.0 Å². The van der Waals surface area contributed by atoms with Crippen molar-refractivity contribution in [2.75, 3.05) is 7.11 Å². The Morgan fingerprint density at radius 2 is 2.12 bits per heavy atom. The lowest BCUT2D eigenvalue weighted by molar-refractivity contribution is -0.137. The fraction of sp³-hybridized carbons (Fsp3) is 0.417. The largest absolute Gasteiger partial charge is 0.504 e. The van der Waals surface area contributed by atoms with E-state index in [1.165, 1.54) is 7.11 Å². The Morgan fingerprint density at radius 3 is 2.62 bits per heavy atom. The van der Waals surface area contributed by atoms with Gasteiger partial charge in [-0.1, -0.05) is 19.1 Å². The van der Waals surface area contributed by atoms with Crippen LogP contribution in [0.25, 0.3) is 0 Å². The second kappa shape index (κ2) is 4.88. The zero-order valence-electron chi connectivity index (χ0n) is 9.65. The van der Waals surface area contributed by atoms with Crippen molar-refractivity contribution < 1.29 is 19.7 Å². The number of aliphatic carboxylic acids is 1. The van der Waals surface area contributed by atoms with E-state index < -0.39 is 5.97 Å². The minimum absolute atomic E-state index is 0.0141. The highest BCUT2D eigenvalue weighted by Gasteiger charge is 2.17. The number of carboxylic acids is 1. The van der Waals surface area contributed by atoms with Crippen LogP contribution in [-0.4, -0.2) is 23.3 Å². The van der Waals surface area contributed by atoms with Crippen LogP contribution in [0, 0.1) is 6.92 Å². The van der Waals surface area contributed by atoms with E-state index >= 15 is 0 Å². The first kappa shape index (κ1) is 12.4. The Bertz CT molecular complexity index is 398. The molecule has 0 spiro atoms. The third-order valence-electron chi connectivity index (χ3n) is 2.58. The van der Waals surface area contributed by atoms with Gasteiger partial charge in [0.25, 0.3) is 0 Å². The van der Waals surface area contributed by atoms with Crippen LogP contribution in [0.1, 0.15) is 30.4 Å². The first-order valence-corrected chi connectivity index (χ1v) is 5.05. The molecular formula is C12H16O4. The summed E-state index contributed by atoms with van der Waals surface area (Å²) in [5.74, 6) is -0.676. The summed E-state index contributed by atoms with van der Waals surface area (Å²) < 4.78 is 5.07. The molecule has 16 heavy (non-hydrogen) atoms. The smallest absolute Gasteiger partial charge is 0.303 e. The molecule has 4 heteroatoms. The molecule has 4 nitrogen and oxygen atoms in total. The van der Waals surface area contributed by atoms with Gasteiger partial charge in [0.2, 0.25) is 0 Å². The van der Waals surface area contributed by atoms with E-state index in [1.54, 1.807) is 13.0 Å². The molecule has 0 aromatic heterocycles. The highest BCUT2D eigenvalue weighted by molar-refractivity contribution is 5.68. The SMILES string of the molecule is COc1c(C)ccc(C(C)CC(=O)O)c1O. The highest BCUT2D eigenvalue weighted by atomic mass is 16.5. The number of hydrogen-bond donors (Lipinski definition) is 2. The number of benzene rings is 1. The summed E-state index contributed by atoms with van der Waals surface area (Å²) in [7, 11) is 1.48. The van der Waals surface area contributed by atoms with Crippen LogP contribution in [0.5, 0.6) is 11.5 Å². The van der Waals surface area contributed by atoms with Gasteiger partial charge in [-0.25, -0.2) is 0 Å². The molecule has 0 amide bonds. The summed E-state index contributed by atoms with van der Waals surface area (Å²) in [4.78, 5) is 10.6. The number of hydrogen-bond acceptors (Lipinski definition) is 3. The van der Waals surface area contributed by atoms with Gasteiger partial charge in [-0.05, 0) is 18.4 Å². The van der Waals surface area contributed by atoms with E-state index in [-0.39, 0.29) is 18.1 Å². The van der Waals surface area contributed by atoms with E-state index in [2.05, 4.69) is 0 Å². The zero-order valence-corrected chi connectivity index (χ0v) is 9.65. The van der Waals surface area contributed by atoms with Gasteiger partial charge in [0.05, 0.1) is 13.5 Å². The van der Waals surface area contributed by atoms with Crippen LogP contribution in [0.15, 0.2) is 12.1 Å². The minimum atomic E-state index is -0.883. The number of ether oxygens (including phenoxy) is 1. The number of phenolic OH excluding ortho intramolecular Hbond substituents is 1. The maximum absolute atomic E-state index is 10.6. The molecule has 0 fully saturated rings. The molecule has 1 unspecified atom stereocenters. The lowest BCUT2D eigenvalue weighted by Crippen LogP contribution is -2.04. The van der Waals surface area contributed by atoms with Gasteiger partial charge in [-0.15, -0.1) is 0 Å². The Kier molecular flexibility index (Phi) is 3.77. The van der Waals surface area contributed by atoms with Crippen LogP contribution >= 0.6 is 0 Å². The number of rotatable bonds is 4. The monoisotopic (exact) mass is 224 g/mol. The number of aryl methyl sites for hydroxylation is 1. The molecule has 0 bridgehead atoms. The molecule has 0 saturated carbocycles. The number of carbonyl (C=O) groups is 1. The molecule has 0 heterocycles. The number of aromatic hydroxyl groups is 1. The molecule has 0 aliphatic heterocycles. The summed E-state index contributed by atoms with van der Waals surface area (Å²) in [5.41, 5.74) is 1.43. The molecule has 0 aliphatic carbocycles. The molecule has 2 N–H and O–H groups in total. The fourth-order valence-corrected chi connectivity index (χ4v) is 1.71. The normalized spacial score (nSPS) is 12.2. The van der Waals surface area contributed by atoms with Gasteiger partial charge in [0.1, 0.15) is 0 Å². The first-order chi connectivity index (χ1) is 7.47. The quantitative estimate of drug-likeness (QED) is 0.823. The van der Waals surface area contributed by atoms with Crippen molar-refractivity contribution in [3.05, 3.63) is 23.3 Å². The Labute approximate surface area is 94.5 Å². The van der Waals surface area contributed by atoms with E-state index in [9.17, 15) is 9.90 Å². The summed E-state index contributed by atoms with van der Waals surface area (Å²) in [6, 6.07) is 3.55. The van der Waals surface area contributed by atoms with Crippen LogP contribution in [0.3, 0.4) is 0 Å².